The van der Waals surface area contributed by atoms with Crippen molar-refractivity contribution in [3.05, 3.63) is 0 Å². The summed E-state index contributed by atoms with van der Waals surface area (Å²) in [6.45, 7) is 8.03. The molecule has 0 rings (SSSR count). The second kappa shape index (κ2) is 9.78. The van der Waals surface area contributed by atoms with Crippen LogP contribution in [0.25, 0.3) is 0 Å². The fourth-order valence-electron chi connectivity index (χ4n) is 2.08. The van der Waals surface area contributed by atoms with E-state index < -0.39 is 5.97 Å². The van der Waals surface area contributed by atoms with Crippen molar-refractivity contribution >= 4 is 11.9 Å². The maximum Gasteiger partial charge on any atom is 0.305 e. The number of carbonyl (C=O) groups excluding carboxylic acids is 1. The van der Waals surface area contributed by atoms with Gasteiger partial charge in [-0.05, 0) is 11.8 Å². The summed E-state index contributed by atoms with van der Waals surface area (Å²) in [7, 11) is 0. The predicted octanol–water partition coefficient (Wildman–Crippen LogP) is 3.74. The first-order chi connectivity index (χ1) is 9.27. The number of hydrogen-bond donors (Lipinski definition) is 2. The van der Waals surface area contributed by atoms with Gasteiger partial charge in [-0.15, -0.1) is 0 Å². The summed E-state index contributed by atoms with van der Waals surface area (Å²) in [6, 6.07) is -0.312. The highest BCUT2D eigenvalue weighted by Crippen LogP contribution is 2.22. The fourth-order valence-corrected chi connectivity index (χ4v) is 2.08. The number of amides is 1. The second-order valence-electron chi connectivity index (χ2n) is 6.60. The molecular weight excluding hydrogens is 254 g/mol. The van der Waals surface area contributed by atoms with Crippen molar-refractivity contribution in [2.75, 3.05) is 0 Å². The van der Waals surface area contributed by atoms with E-state index in [1.807, 2.05) is 20.8 Å². The molecule has 0 radical (unpaired) electrons. The Balaban J connectivity index is 3.99. The van der Waals surface area contributed by atoms with Gasteiger partial charge >= 0.3 is 5.97 Å². The normalized spacial score (nSPS) is 13.0. The lowest BCUT2D eigenvalue weighted by atomic mass is 9.84. The molecular formula is C16H31NO3. The van der Waals surface area contributed by atoms with Crippen LogP contribution in [0.5, 0.6) is 0 Å². The lowest BCUT2D eigenvalue weighted by Gasteiger charge is -2.30. The molecule has 0 aliphatic heterocycles. The van der Waals surface area contributed by atoms with E-state index in [-0.39, 0.29) is 23.8 Å². The Morgan fingerprint density at radius 3 is 2.10 bits per heavy atom. The molecule has 0 spiro atoms. The third-order valence-corrected chi connectivity index (χ3v) is 3.52. The summed E-state index contributed by atoms with van der Waals surface area (Å²) in [4.78, 5) is 22.7. The third-order valence-electron chi connectivity index (χ3n) is 3.52. The Hall–Kier alpha value is -1.06. The average Bonchev–Trinajstić information content (AvgIpc) is 2.31. The van der Waals surface area contributed by atoms with Crippen molar-refractivity contribution in [2.24, 2.45) is 5.41 Å². The Morgan fingerprint density at radius 1 is 1.05 bits per heavy atom. The predicted molar refractivity (Wildman–Crippen MR) is 81.6 cm³/mol. The molecule has 0 saturated heterocycles. The number of carboxylic acids is 1. The molecule has 0 aliphatic rings. The third kappa shape index (κ3) is 9.82. The summed E-state index contributed by atoms with van der Waals surface area (Å²) in [5.41, 5.74) is -0.241. The van der Waals surface area contributed by atoms with Crippen LogP contribution in [0.3, 0.4) is 0 Å². The van der Waals surface area contributed by atoms with Crippen molar-refractivity contribution < 1.29 is 14.7 Å². The Kier molecular flexibility index (Phi) is 9.26. The zero-order valence-corrected chi connectivity index (χ0v) is 13.5. The highest BCUT2D eigenvalue weighted by Gasteiger charge is 2.28. The molecule has 0 aromatic carbocycles. The largest absolute Gasteiger partial charge is 0.481 e. The number of rotatable bonds is 10. The first kappa shape index (κ1) is 18.9. The molecule has 0 heterocycles. The van der Waals surface area contributed by atoms with Crippen LogP contribution < -0.4 is 5.32 Å². The van der Waals surface area contributed by atoms with Crippen LogP contribution in [0.15, 0.2) is 0 Å². The molecule has 20 heavy (non-hydrogen) atoms. The highest BCUT2D eigenvalue weighted by molar-refractivity contribution is 5.77. The molecule has 0 aromatic heterocycles. The van der Waals surface area contributed by atoms with Gasteiger partial charge in [0.05, 0.1) is 6.42 Å². The molecule has 1 unspecified atom stereocenters. The number of carbonyl (C=O) groups is 2. The first-order valence-electron chi connectivity index (χ1n) is 7.78. The average molecular weight is 285 g/mol. The second-order valence-corrected chi connectivity index (χ2v) is 6.60. The lowest BCUT2D eigenvalue weighted by molar-refractivity contribution is -0.138. The molecule has 1 atom stereocenters. The van der Waals surface area contributed by atoms with E-state index in [2.05, 4.69) is 12.2 Å². The quantitative estimate of drug-likeness (QED) is 0.601. The van der Waals surface area contributed by atoms with Gasteiger partial charge in [0.1, 0.15) is 0 Å². The maximum atomic E-state index is 11.9. The minimum absolute atomic E-state index is 0.0221. The molecule has 4 heteroatoms. The molecule has 0 fully saturated rings. The first-order valence-corrected chi connectivity index (χ1v) is 7.78. The topological polar surface area (TPSA) is 66.4 Å². The van der Waals surface area contributed by atoms with Crippen LogP contribution in [0, 0.1) is 5.41 Å². The van der Waals surface area contributed by atoms with Gasteiger partial charge in [0.25, 0.3) is 0 Å². The number of nitrogens with one attached hydrogen (secondary N) is 1. The minimum Gasteiger partial charge on any atom is -0.481 e. The maximum absolute atomic E-state index is 11.9. The van der Waals surface area contributed by atoms with Crippen molar-refractivity contribution in [3.8, 4) is 0 Å². The lowest BCUT2D eigenvalue weighted by Crippen LogP contribution is -2.45. The summed E-state index contributed by atoms with van der Waals surface area (Å²) in [5, 5.41) is 11.8. The standard InChI is InChI=1S/C16H31NO3/c1-5-6-7-8-9-10-11-14(18)17-13(12-15(19)20)16(2,3)4/h13H,5-12H2,1-4H3,(H,17,18)(H,19,20). The summed E-state index contributed by atoms with van der Waals surface area (Å²) < 4.78 is 0. The van der Waals surface area contributed by atoms with Crippen LogP contribution in [0.1, 0.15) is 79.1 Å². The molecule has 0 bridgehead atoms. The van der Waals surface area contributed by atoms with Crippen LogP contribution in [0.2, 0.25) is 0 Å². The van der Waals surface area contributed by atoms with Crippen molar-refractivity contribution in [2.45, 2.75) is 85.1 Å². The van der Waals surface area contributed by atoms with E-state index in [1.165, 1.54) is 25.7 Å². The zero-order chi connectivity index (χ0) is 15.6. The van der Waals surface area contributed by atoms with Gasteiger partial charge in [-0.25, -0.2) is 0 Å². The van der Waals surface area contributed by atoms with Crippen molar-refractivity contribution in [3.63, 3.8) is 0 Å². The van der Waals surface area contributed by atoms with E-state index in [1.54, 1.807) is 0 Å². The molecule has 4 nitrogen and oxygen atoms in total. The van der Waals surface area contributed by atoms with Crippen LogP contribution >= 0.6 is 0 Å². The molecule has 1 amide bonds. The van der Waals surface area contributed by atoms with E-state index in [0.29, 0.717) is 6.42 Å². The molecule has 2 N–H and O–H groups in total. The van der Waals surface area contributed by atoms with Crippen molar-refractivity contribution in [1.29, 1.82) is 0 Å². The fraction of sp³-hybridized carbons (Fsp3) is 0.875. The summed E-state index contributed by atoms with van der Waals surface area (Å²) in [6.07, 6.45) is 7.34. The highest BCUT2D eigenvalue weighted by atomic mass is 16.4. The molecule has 0 saturated carbocycles. The zero-order valence-electron chi connectivity index (χ0n) is 13.5. The van der Waals surface area contributed by atoms with Crippen LogP contribution in [-0.4, -0.2) is 23.0 Å². The van der Waals surface area contributed by atoms with Crippen LogP contribution in [0.4, 0.5) is 0 Å². The van der Waals surface area contributed by atoms with E-state index in [4.69, 9.17) is 5.11 Å². The molecule has 0 aliphatic carbocycles. The van der Waals surface area contributed by atoms with E-state index >= 15 is 0 Å². The van der Waals surface area contributed by atoms with Gasteiger partial charge < -0.3 is 10.4 Å². The molecule has 118 valence electrons. The SMILES string of the molecule is CCCCCCCCC(=O)NC(CC(=O)O)C(C)(C)C. The van der Waals surface area contributed by atoms with Gasteiger partial charge in [0, 0.05) is 12.5 Å². The van der Waals surface area contributed by atoms with E-state index in [9.17, 15) is 9.59 Å². The number of carboxylic acid groups (broad SMARTS) is 1. The van der Waals surface area contributed by atoms with Gasteiger partial charge in [-0.2, -0.15) is 0 Å². The van der Waals surface area contributed by atoms with Gasteiger partial charge in [-0.1, -0.05) is 59.8 Å². The molecule has 0 aromatic rings. The summed E-state index contributed by atoms with van der Waals surface area (Å²) >= 11 is 0. The van der Waals surface area contributed by atoms with Crippen LogP contribution in [-0.2, 0) is 9.59 Å². The Bertz CT molecular complexity index is 295. The number of aliphatic carboxylic acids is 1. The Morgan fingerprint density at radius 2 is 1.60 bits per heavy atom. The smallest absolute Gasteiger partial charge is 0.305 e. The van der Waals surface area contributed by atoms with E-state index in [0.717, 1.165) is 12.8 Å². The van der Waals surface area contributed by atoms with Gasteiger partial charge in [0.2, 0.25) is 5.91 Å². The van der Waals surface area contributed by atoms with Gasteiger partial charge in [0.15, 0.2) is 0 Å². The Labute approximate surface area is 123 Å². The number of hydrogen-bond acceptors (Lipinski definition) is 2. The monoisotopic (exact) mass is 285 g/mol. The minimum atomic E-state index is -0.871. The summed E-state index contributed by atoms with van der Waals surface area (Å²) in [5.74, 6) is -0.897. The van der Waals surface area contributed by atoms with Gasteiger partial charge in [-0.3, -0.25) is 9.59 Å². The number of unbranched alkanes of at least 4 members (excludes halogenated alkanes) is 5. The van der Waals surface area contributed by atoms with Crippen molar-refractivity contribution in [1.82, 2.24) is 5.32 Å².